The molecule has 7 heteroatoms. The number of aliphatic carboxylic acids is 1. The van der Waals surface area contributed by atoms with Crippen molar-refractivity contribution in [3.63, 3.8) is 0 Å². The molecule has 0 radical (unpaired) electrons. The van der Waals surface area contributed by atoms with E-state index in [1.165, 1.54) is 0 Å². The lowest BCUT2D eigenvalue weighted by Gasteiger charge is -2.27. The maximum Gasteiger partial charge on any atom is 0.319 e. The van der Waals surface area contributed by atoms with Crippen LogP contribution in [0, 0.1) is 0 Å². The highest BCUT2D eigenvalue weighted by Gasteiger charge is 2.36. The van der Waals surface area contributed by atoms with E-state index in [9.17, 15) is 9.59 Å². The minimum Gasteiger partial charge on any atom is -0.481 e. The maximum absolute atomic E-state index is 12.1. The smallest absolute Gasteiger partial charge is 0.319 e. The zero-order valence-electron chi connectivity index (χ0n) is 12.1. The van der Waals surface area contributed by atoms with E-state index in [2.05, 4.69) is 0 Å². The van der Waals surface area contributed by atoms with Gasteiger partial charge in [-0.15, -0.1) is 0 Å². The number of esters is 1. The average Bonchev–Trinajstić information content (AvgIpc) is 2.23. The summed E-state index contributed by atoms with van der Waals surface area (Å²) in [6.07, 6.45) is -0.360. The topological polar surface area (TPSA) is 82.1 Å². The van der Waals surface area contributed by atoms with Crippen molar-refractivity contribution in [2.75, 3.05) is 13.2 Å². The molecule has 19 heavy (non-hydrogen) atoms. The van der Waals surface area contributed by atoms with Crippen molar-refractivity contribution in [2.24, 2.45) is 0 Å². The average molecular weight is 294 g/mol. The predicted octanol–water partition coefficient (Wildman–Crippen LogP) is 2.56. The van der Waals surface area contributed by atoms with Crippen LogP contribution in [0.5, 0.6) is 0 Å². The Morgan fingerprint density at radius 2 is 1.63 bits per heavy atom. The molecule has 0 amide bonds. The number of rotatable bonds is 8. The lowest BCUT2D eigenvalue weighted by Crippen LogP contribution is -2.33. The molecule has 1 N–H and O–H groups in total. The summed E-state index contributed by atoms with van der Waals surface area (Å²) in [5.41, 5.74) is -1.58. The quantitative estimate of drug-likeness (QED) is 0.547. The van der Waals surface area contributed by atoms with E-state index in [4.69, 9.17) is 18.9 Å². The Bertz CT molecular complexity index is 293. The van der Waals surface area contributed by atoms with Gasteiger partial charge in [-0.3, -0.25) is 9.59 Å². The van der Waals surface area contributed by atoms with Crippen LogP contribution in [0.15, 0.2) is 0 Å². The summed E-state index contributed by atoms with van der Waals surface area (Å²) in [7, 11) is -1.60. The summed E-state index contributed by atoms with van der Waals surface area (Å²) in [5, 5.41) is 8.91. The second-order valence-corrected chi connectivity index (χ2v) is 6.48. The van der Waals surface area contributed by atoms with Crippen LogP contribution in [0.1, 0.15) is 41.0 Å². The van der Waals surface area contributed by atoms with Gasteiger partial charge < -0.3 is 18.9 Å². The third-order valence-electron chi connectivity index (χ3n) is 1.81. The van der Waals surface area contributed by atoms with Crippen LogP contribution in [-0.2, 0) is 23.4 Å². The standard InChI is InChI=1S/C12H23O6P/c1-6-16-19(17-7-2)9(8-10(13)14)11(15)18-12(3,4)5/h9H,6-8H2,1-5H3,(H,13,14). The predicted molar refractivity (Wildman–Crippen MR) is 72.1 cm³/mol. The Morgan fingerprint density at radius 1 is 1.16 bits per heavy atom. The molecule has 1 unspecified atom stereocenters. The minimum absolute atomic E-state index is 0.352. The van der Waals surface area contributed by atoms with Gasteiger partial charge in [0.2, 0.25) is 0 Å². The molecule has 1 atom stereocenters. The highest BCUT2D eigenvalue weighted by atomic mass is 31.2. The number of carbonyl (C=O) groups excluding carboxylic acids is 1. The normalized spacial score (nSPS) is 13.4. The summed E-state index contributed by atoms with van der Waals surface area (Å²) in [6.45, 7) is 9.42. The summed E-state index contributed by atoms with van der Waals surface area (Å²) in [5.74, 6) is -1.68. The van der Waals surface area contributed by atoms with Crippen molar-refractivity contribution in [2.45, 2.75) is 52.3 Å². The molecule has 0 saturated carbocycles. The van der Waals surface area contributed by atoms with Crippen molar-refractivity contribution in [1.29, 1.82) is 0 Å². The zero-order valence-corrected chi connectivity index (χ0v) is 13.0. The Morgan fingerprint density at radius 3 is 1.95 bits per heavy atom. The van der Waals surface area contributed by atoms with Gasteiger partial charge in [0, 0.05) is 0 Å². The fraction of sp³-hybridized carbons (Fsp3) is 0.833. The van der Waals surface area contributed by atoms with Crippen LogP contribution in [0.3, 0.4) is 0 Å². The molecular weight excluding hydrogens is 271 g/mol. The van der Waals surface area contributed by atoms with E-state index in [1.54, 1.807) is 34.6 Å². The molecule has 0 spiro atoms. The maximum atomic E-state index is 12.1. The van der Waals surface area contributed by atoms with Crippen LogP contribution < -0.4 is 0 Å². The second kappa shape index (κ2) is 8.46. The first kappa shape index (κ1) is 18.3. The van der Waals surface area contributed by atoms with E-state index in [1.807, 2.05) is 0 Å². The van der Waals surface area contributed by atoms with E-state index >= 15 is 0 Å². The Labute approximate surface area is 115 Å². The number of carboxylic acids is 1. The van der Waals surface area contributed by atoms with Gasteiger partial charge in [-0.05, 0) is 34.6 Å². The van der Waals surface area contributed by atoms with Gasteiger partial charge in [0.1, 0.15) is 11.3 Å². The van der Waals surface area contributed by atoms with E-state index in [0.717, 1.165) is 0 Å². The molecule has 0 aromatic carbocycles. The van der Waals surface area contributed by atoms with Crippen molar-refractivity contribution < 1.29 is 28.5 Å². The molecular formula is C12H23O6P. The lowest BCUT2D eigenvalue weighted by molar-refractivity contribution is -0.156. The lowest BCUT2D eigenvalue weighted by atomic mass is 10.2. The van der Waals surface area contributed by atoms with Gasteiger partial charge in [-0.2, -0.15) is 0 Å². The van der Waals surface area contributed by atoms with Gasteiger partial charge in [0.05, 0.1) is 19.6 Å². The molecule has 0 bridgehead atoms. The minimum atomic E-state index is -1.60. The number of hydrogen-bond acceptors (Lipinski definition) is 5. The monoisotopic (exact) mass is 294 g/mol. The summed E-state index contributed by atoms with van der Waals surface area (Å²) in [6, 6.07) is 0. The number of carbonyl (C=O) groups is 2. The van der Waals surface area contributed by atoms with Crippen LogP contribution in [0.25, 0.3) is 0 Å². The Balaban J connectivity index is 4.93. The van der Waals surface area contributed by atoms with Crippen LogP contribution in [-0.4, -0.2) is 41.5 Å². The fourth-order valence-corrected chi connectivity index (χ4v) is 2.72. The molecule has 6 nitrogen and oxygen atoms in total. The van der Waals surface area contributed by atoms with Gasteiger partial charge in [0.15, 0.2) is 8.38 Å². The SMILES string of the molecule is CCOP(OCC)C(CC(=O)O)C(=O)OC(C)(C)C. The number of hydrogen-bond donors (Lipinski definition) is 1. The highest BCUT2D eigenvalue weighted by Crippen LogP contribution is 2.46. The van der Waals surface area contributed by atoms with Gasteiger partial charge in [0.25, 0.3) is 0 Å². The largest absolute Gasteiger partial charge is 0.481 e. The van der Waals surface area contributed by atoms with E-state index < -0.39 is 31.6 Å². The van der Waals surface area contributed by atoms with Gasteiger partial charge in [-0.25, -0.2) is 0 Å². The molecule has 0 rings (SSSR count). The summed E-state index contributed by atoms with van der Waals surface area (Å²) in [4.78, 5) is 22.9. The zero-order chi connectivity index (χ0) is 15.1. The molecule has 0 fully saturated rings. The van der Waals surface area contributed by atoms with Gasteiger partial charge >= 0.3 is 11.9 Å². The molecule has 0 aliphatic rings. The number of ether oxygens (including phenoxy) is 1. The van der Waals surface area contributed by atoms with E-state index in [-0.39, 0.29) is 6.42 Å². The van der Waals surface area contributed by atoms with Crippen LogP contribution in [0.2, 0.25) is 0 Å². The summed E-state index contributed by atoms with van der Waals surface area (Å²) < 4.78 is 15.9. The first-order valence-corrected chi connectivity index (χ1v) is 7.45. The summed E-state index contributed by atoms with van der Waals surface area (Å²) >= 11 is 0. The molecule has 112 valence electrons. The number of carboxylic acid groups (broad SMARTS) is 1. The van der Waals surface area contributed by atoms with Crippen molar-refractivity contribution in [1.82, 2.24) is 0 Å². The van der Waals surface area contributed by atoms with Crippen LogP contribution >= 0.6 is 8.38 Å². The Hall–Kier alpha value is -0.710. The molecule has 0 aromatic heterocycles. The second-order valence-electron chi connectivity index (χ2n) is 4.77. The molecule has 0 aromatic rings. The van der Waals surface area contributed by atoms with Gasteiger partial charge in [-0.1, -0.05) is 0 Å². The first-order chi connectivity index (χ1) is 8.71. The third-order valence-corrected chi connectivity index (χ3v) is 3.74. The first-order valence-electron chi connectivity index (χ1n) is 6.21. The third kappa shape index (κ3) is 8.14. The molecule has 0 aliphatic heterocycles. The van der Waals surface area contributed by atoms with Crippen LogP contribution in [0.4, 0.5) is 0 Å². The Kier molecular flexibility index (Phi) is 8.14. The highest BCUT2D eigenvalue weighted by molar-refractivity contribution is 7.49. The van der Waals surface area contributed by atoms with Crippen molar-refractivity contribution in [3.05, 3.63) is 0 Å². The molecule has 0 aliphatic carbocycles. The fourth-order valence-electron chi connectivity index (χ4n) is 1.25. The van der Waals surface area contributed by atoms with E-state index in [0.29, 0.717) is 13.2 Å². The molecule has 0 heterocycles. The van der Waals surface area contributed by atoms with Crippen molar-refractivity contribution in [3.8, 4) is 0 Å². The van der Waals surface area contributed by atoms with Crippen molar-refractivity contribution >= 4 is 20.3 Å². The molecule has 0 saturated heterocycles.